The fourth-order valence-corrected chi connectivity index (χ4v) is 3.49. The predicted octanol–water partition coefficient (Wildman–Crippen LogP) is 4.09. The van der Waals surface area contributed by atoms with Crippen LogP contribution in [0, 0.1) is 5.41 Å². The zero-order valence-corrected chi connectivity index (χ0v) is 14.1. The number of carbonyl (C=O) groups excluding carboxylic acids is 1. The molecule has 0 unspecified atom stereocenters. The van der Waals surface area contributed by atoms with E-state index in [4.69, 9.17) is 5.11 Å². The first-order chi connectivity index (χ1) is 11.0. The van der Waals surface area contributed by atoms with Gasteiger partial charge in [-0.1, -0.05) is 27.2 Å². The van der Waals surface area contributed by atoms with Gasteiger partial charge < -0.3 is 9.67 Å². The SMILES string of the molecule is CCCCn1c2c(c(CC(=O)O)c1C(F)(F)F)C(=O)CC(C)(C)C2. The van der Waals surface area contributed by atoms with Crippen LogP contribution in [0.5, 0.6) is 0 Å². The molecule has 0 fully saturated rings. The van der Waals surface area contributed by atoms with Crippen molar-refractivity contribution >= 4 is 11.8 Å². The molecule has 0 aromatic carbocycles. The summed E-state index contributed by atoms with van der Waals surface area (Å²) in [6.07, 6.45) is -3.79. The third kappa shape index (κ3) is 3.49. The number of carboxylic acids is 1. The van der Waals surface area contributed by atoms with Crippen LogP contribution >= 0.6 is 0 Å². The summed E-state index contributed by atoms with van der Waals surface area (Å²) in [7, 11) is 0. The summed E-state index contributed by atoms with van der Waals surface area (Å²) in [5.74, 6) is -1.76. The number of unbranched alkanes of at least 4 members (excludes halogenated alkanes) is 1. The van der Waals surface area contributed by atoms with Crippen LogP contribution in [0.1, 0.15) is 67.3 Å². The number of carbonyl (C=O) groups is 2. The van der Waals surface area contributed by atoms with Crippen molar-refractivity contribution < 1.29 is 27.9 Å². The van der Waals surface area contributed by atoms with Gasteiger partial charge in [0.15, 0.2) is 5.78 Å². The highest BCUT2D eigenvalue weighted by Crippen LogP contribution is 2.43. The van der Waals surface area contributed by atoms with Gasteiger partial charge in [0, 0.05) is 29.8 Å². The molecular weight excluding hydrogens is 323 g/mol. The molecule has 2 rings (SSSR count). The zero-order valence-electron chi connectivity index (χ0n) is 14.1. The maximum atomic E-state index is 13.7. The van der Waals surface area contributed by atoms with E-state index in [2.05, 4.69) is 0 Å². The van der Waals surface area contributed by atoms with Gasteiger partial charge in [0.25, 0.3) is 0 Å². The molecule has 1 N–H and O–H groups in total. The van der Waals surface area contributed by atoms with Crippen LogP contribution in [-0.2, 0) is 30.4 Å². The minimum Gasteiger partial charge on any atom is -0.481 e. The molecule has 0 saturated heterocycles. The van der Waals surface area contributed by atoms with Gasteiger partial charge >= 0.3 is 12.1 Å². The Labute approximate surface area is 138 Å². The summed E-state index contributed by atoms with van der Waals surface area (Å²) in [6.45, 7) is 5.69. The zero-order chi connectivity index (χ0) is 18.3. The monoisotopic (exact) mass is 345 g/mol. The van der Waals surface area contributed by atoms with Crippen LogP contribution in [0.4, 0.5) is 13.2 Å². The molecule has 0 spiro atoms. The normalized spacial score (nSPS) is 17.0. The van der Waals surface area contributed by atoms with Crippen molar-refractivity contribution in [3.8, 4) is 0 Å². The van der Waals surface area contributed by atoms with Gasteiger partial charge in [-0.25, -0.2) is 0 Å². The molecule has 0 bridgehead atoms. The second-order valence-electron chi connectivity index (χ2n) is 7.16. The molecule has 4 nitrogen and oxygen atoms in total. The van der Waals surface area contributed by atoms with Crippen LogP contribution in [0.15, 0.2) is 0 Å². The van der Waals surface area contributed by atoms with E-state index in [1.165, 1.54) is 0 Å². The molecule has 0 aliphatic heterocycles. The molecule has 7 heteroatoms. The molecule has 134 valence electrons. The van der Waals surface area contributed by atoms with Crippen molar-refractivity contribution in [1.82, 2.24) is 4.57 Å². The summed E-state index contributed by atoms with van der Waals surface area (Å²) < 4.78 is 42.2. The number of halogens is 3. The summed E-state index contributed by atoms with van der Waals surface area (Å²) in [5, 5.41) is 9.05. The summed E-state index contributed by atoms with van der Waals surface area (Å²) >= 11 is 0. The summed E-state index contributed by atoms with van der Waals surface area (Å²) in [4.78, 5) is 23.6. The van der Waals surface area contributed by atoms with E-state index >= 15 is 0 Å². The maximum absolute atomic E-state index is 13.7. The average Bonchev–Trinajstić information content (AvgIpc) is 2.67. The highest BCUT2D eigenvalue weighted by Gasteiger charge is 2.45. The van der Waals surface area contributed by atoms with Gasteiger partial charge in [-0.2, -0.15) is 13.2 Å². The largest absolute Gasteiger partial charge is 0.481 e. The van der Waals surface area contributed by atoms with Crippen LogP contribution in [0.25, 0.3) is 0 Å². The second kappa shape index (κ2) is 6.26. The lowest BCUT2D eigenvalue weighted by atomic mass is 9.75. The Morgan fingerprint density at radius 2 is 1.92 bits per heavy atom. The molecule has 0 saturated carbocycles. The van der Waals surface area contributed by atoms with E-state index in [0.29, 0.717) is 25.0 Å². The highest BCUT2D eigenvalue weighted by molar-refractivity contribution is 6.01. The predicted molar refractivity (Wildman–Crippen MR) is 82.1 cm³/mol. The van der Waals surface area contributed by atoms with E-state index in [9.17, 15) is 22.8 Å². The lowest BCUT2D eigenvalue weighted by Gasteiger charge is -2.30. The average molecular weight is 345 g/mol. The number of Topliss-reactive ketones (excluding diaryl/α,β-unsaturated/α-hetero) is 1. The molecule has 0 amide bonds. The van der Waals surface area contributed by atoms with Crippen molar-refractivity contribution in [2.75, 3.05) is 0 Å². The molecule has 1 aromatic rings. The number of nitrogens with zero attached hydrogens (tertiary/aromatic N) is 1. The van der Waals surface area contributed by atoms with Crippen molar-refractivity contribution in [3.63, 3.8) is 0 Å². The van der Waals surface area contributed by atoms with E-state index in [0.717, 1.165) is 4.57 Å². The number of ketones is 1. The third-order valence-electron chi connectivity index (χ3n) is 4.37. The fourth-order valence-electron chi connectivity index (χ4n) is 3.49. The smallest absolute Gasteiger partial charge is 0.431 e. The molecule has 1 aliphatic carbocycles. The van der Waals surface area contributed by atoms with Gasteiger partial charge in [-0.3, -0.25) is 9.59 Å². The van der Waals surface area contributed by atoms with Crippen LogP contribution < -0.4 is 0 Å². The third-order valence-corrected chi connectivity index (χ3v) is 4.37. The van der Waals surface area contributed by atoms with E-state index in [-0.39, 0.29) is 24.1 Å². The summed E-state index contributed by atoms with van der Waals surface area (Å²) in [6, 6.07) is 0. The Hall–Kier alpha value is -1.79. The highest BCUT2D eigenvalue weighted by atomic mass is 19.4. The second-order valence-corrected chi connectivity index (χ2v) is 7.16. The Balaban J connectivity index is 2.76. The molecule has 0 radical (unpaired) electrons. The molecule has 1 heterocycles. The van der Waals surface area contributed by atoms with Gasteiger partial charge in [0.2, 0.25) is 0 Å². The van der Waals surface area contributed by atoms with Crippen LogP contribution in [0.2, 0.25) is 0 Å². The van der Waals surface area contributed by atoms with Gasteiger partial charge in [0.1, 0.15) is 5.69 Å². The van der Waals surface area contributed by atoms with E-state index in [1.54, 1.807) is 0 Å². The lowest BCUT2D eigenvalue weighted by Crippen LogP contribution is -2.28. The van der Waals surface area contributed by atoms with Crippen molar-refractivity contribution in [2.24, 2.45) is 5.41 Å². The number of hydrogen-bond donors (Lipinski definition) is 1. The molecule has 24 heavy (non-hydrogen) atoms. The summed E-state index contributed by atoms with van der Waals surface area (Å²) in [5.41, 5.74) is -1.44. The molecule has 1 aliphatic rings. The number of carboxylic acid groups (broad SMARTS) is 1. The fraction of sp³-hybridized carbons (Fsp3) is 0.647. The standard InChI is InChI=1S/C17H22F3NO3/c1-4-5-6-21-11-8-16(2,3)9-12(22)14(11)10(7-13(23)24)15(21)17(18,19)20/h4-9H2,1-3H3,(H,23,24). The first-order valence-electron chi connectivity index (χ1n) is 8.04. The topological polar surface area (TPSA) is 59.3 Å². The Morgan fingerprint density at radius 3 is 2.42 bits per heavy atom. The van der Waals surface area contributed by atoms with Gasteiger partial charge in [0.05, 0.1) is 6.42 Å². The maximum Gasteiger partial charge on any atom is 0.431 e. The van der Waals surface area contributed by atoms with E-state index in [1.807, 2.05) is 20.8 Å². The first kappa shape index (κ1) is 18.5. The van der Waals surface area contributed by atoms with Crippen molar-refractivity contribution in [2.45, 2.75) is 65.6 Å². The van der Waals surface area contributed by atoms with Crippen LogP contribution in [-0.4, -0.2) is 21.4 Å². The van der Waals surface area contributed by atoms with Crippen molar-refractivity contribution in [1.29, 1.82) is 0 Å². The number of aromatic nitrogens is 1. The number of fused-ring (bicyclic) bond motifs is 1. The quantitative estimate of drug-likeness (QED) is 0.874. The molecule has 1 aromatic heterocycles. The van der Waals surface area contributed by atoms with Gasteiger partial charge in [-0.15, -0.1) is 0 Å². The van der Waals surface area contributed by atoms with Crippen LogP contribution in [0.3, 0.4) is 0 Å². The lowest BCUT2D eigenvalue weighted by molar-refractivity contribution is -0.144. The number of rotatable bonds is 5. The Kier molecular flexibility index (Phi) is 4.84. The number of aliphatic carboxylic acids is 1. The molecular formula is C17H22F3NO3. The molecule has 0 atom stereocenters. The minimum atomic E-state index is -4.69. The first-order valence-corrected chi connectivity index (χ1v) is 8.04. The Bertz CT molecular complexity index is 672. The number of alkyl halides is 3. The van der Waals surface area contributed by atoms with Gasteiger partial charge in [-0.05, 0) is 18.3 Å². The minimum absolute atomic E-state index is 0.0137. The number of hydrogen-bond acceptors (Lipinski definition) is 2. The van der Waals surface area contributed by atoms with E-state index < -0.39 is 35.5 Å². The Morgan fingerprint density at radius 1 is 1.29 bits per heavy atom. The van der Waals surface area contributed by atoms with Crippen molar-refractivity contribution in [3.05, 3.63) is 22.5 Å².